The SMILES string of the molecule is CN(C)CC1CCN(c2ccc(/C=C/C(=O)O)cn2)CC1. The molecule has 0 spiro atoms. The van der Waals surface area contributed by atoms with Crippen molar-refractivity contribution in [2.75, 3.05) is 38.6 Å². The van der Waals surface area contributed by atoms with Crippen molar-refractivity contribution >= 4 is 17.9 Å². The van der Waals surface area contributed by atoms with E-state index < -0.39 is 5.97 Å². The fourth-order valence-electron chi connectivity index (χ4n) is 2.71. The lowest BCUT2D eigenvalue weighted by atomic mass is 9.96. The van der Waals surface area contributed by atoms with Crippen molar-refractivity contribution in [3.63, 3.8) is 0 Å². The number of aromatic nitrogens is 1. The molecule has 114 valence electrons. The van der Waals surface area contributed by atoms with E-state index in [1.165, 1.54) is 12.8 Å². The highest BCUT2D eigenvalue weighted by Crippen LogP contribution is 2.22. The normalized spacial score (nSPS) is 16.8. The molecule has 1 aromatic heterocycles. The number of hydrogen-bond acceptors (Lipinski definition) is 4. The van der Waals surface area contributed by atoms with Gasteiger partial charge in [-0.25, -0.2) is 9.78 Å². The van der Waals surface area contributed by atoms with Crippen LogP contribution in [0.15, 0.2) is 24.4 Å². The molecule has 0 unspecified atom stereocenters. The largest absolute Gasteiger partial charge is 0.478 e. The second-order valence-corrected chi connectivity index (χ2v) is 5.81. The molecule has 0 aliphatic carbocycles. The third-order valence-electron chi connectivity index (χ3n) is 3.75. The molecule has 1 aromatic rings. The summed E-state index contributed by atoms with van der Waals surface area (Å²) in [5.41, 5.74) is 0.809. The fraction of sp³-hybridized carbons (Fsp3) is 0.500. The number of piperidine rings is 1. The van der Waals surface area contributed by atoms with Crippen LogP contribution in [0.2, 0.25) is 0 Å². The highest BCUT2D eigenvalue weighted by Gasteiger charge is 2.20. The van der Waals surface area contributed by atoms with E-state index in [1.54, 1.807) is 12.3 Å². The number of anilines is 1. The summed E-state index contributed by atoms with van der Waals surface area (Å²) < 4.78 is 0. The van der Waals surface area contributed by atoms with Gasteiger partial charge in [0.2, 0.25) is 0 Å². The lowest BCUT2D eigenvalue weighted by molar-refractivity contribution is -0.131. The van der Waals surface area contributed by atoms with Gasteiger partial charge in [-0.05, 0) is 56.6 Å². The van der Waals surface area contributed by atoms with Crippen LogP contribution in [-0.2, 0) is 4.79 Å². The van der Waals surface area contributed by atoms with Crippen molar-refractivity contribution in [3.8, 4) is 0 Å². The van der Waals surface area contributed by atoms with E-state index in [-0.39, 0.29) is 0 Å². The Labute approximate surface area is 125 Å². The molecule has 5 nitrogen and oxygen atoms in total. The molecule has 5 heteroatoms. The van der Waals surface area contributed by atoms with Crippen LogP contribution in [0.3, 0.4) is 0 Å². The molecule has 1 aliphatic rings. The average Bonchev–Trinajstić information content (AvgIpc) is 2.46. The predicted octanol–water partition coefficient (Wildman–Crippen LogP) is 1.96. The lowest BCUT2D eigenvalue weighted by Crippen LogP contribution is -2.37. The van der Waals surface area contributed by atoms with E-state index in [1.807, 2.05) is 12.1 Å². The minimum absolute atomic E-state index is 0.772. The van der Waals surface area contributed by atoms with Crippen LogP contribution in [0.1, 0.15) is 18.4 Å². The molecular weight excluding hydrogens is 266 g/mol. The molecule has 0 bridgehead atoms. The second-order valence-electron chi connectivity index (χ2n) is 5.81. The molecule has 2 rings (SSSR count). The van der Waals surface area contributed by atoms with Crippen molar-refractivity contribution in [1.82, 2.24) is 9.88 Å². The van der Waals surface area contributed by atoms with Gasteiger partial charge in [0.1, 0.15) is 5.82 Å². The molecule has 1 aliphatic heterocycles. The molecule has 1 saturated heterocycles. The fourth-order valence-corrected chi connectivity index (χ4v) is 2.71. The van der Waals surface area contributed by atoms with Crippen molar-refractivity contribution in [2.24, 2.45) is 5.92 Å². The lowest BCUT2D eigenvalue weighted by Gasteiger charge is -2.33. The number of hydrogen-bond donors (Lipinski definition) is 1. The summed E-state index contributed by atoms with van der Waals surface area (Å²) in [5, 5.41) is 8.60. The minimum atomic E-state index is -0.943. The quantitative estimate of drug-likeness (QED) is 0.840. The van der Waals surface area contributed by atoms with E-state index in [4.69, 9.17) is 5.11 Å². The van der Waals surface area contributed by atoms with Crippen molar-refractivity contribution in [3.05, 3.63) is 30.0 Å². The first-order chi connectivity index (χ1) is 10.0. The van der Waals surface area contributed by atoms with E-state index in [2.05, 4.69) is 28.9 Å². The molecule has 21 heavy (non-hydrogen) atoms. The third kappa shape index (κ3) is 4.86. The molecule has 0 radical (unpaired) electrons. The van der Waals surface area contributed by atoms with Crippen molar-refractivity contribution in [1.29, 1.82) is 0 Å². The van der Waals surface area contributed by atoms with Crippen molar-refractivity contribution < 1.29 is 9.90 Å². The number of carboxylic acids is 1. The maximum atomic E-state index is 10.5. The summed E-state index contributed by atoms with van der Waals surface area (Å²) in [5.74, 6) is 0.807. The highest BCUT2D eigenvalue weighted by molar-refractivity contribution is 5.85. The van der Waals surface area contributed by atoms with E-state index in [0.29, 0.717) is 0 Å². The zero-order valence-electron chi connectivity index (χ0n) is 12.7. The van der Waals surface area contributed by atoms with Crippen LogP contribution in [0.5, 0.6) is 0 Å². The number of nitrogens with zero attached hydrogens (tertiary/aromatic N) is 3. The van der Waals surface area contributed by atoms with Crippen LogP contribution in [-0.4, -0.2) is 54.7 Å². The van der Waals surface area contributed by atoms with Gasteiger partial charge < -0.3 is 14.9 Å². The highest BCUT2D eigenvalue weighted by atomic mass is 16.4. The summed E-state index contributed by atoms with van der Waals surface area (Å²) in [6.45, 7) is 3.23. The predicted molar refractivity (Wildman–Crippen MR) is 84.4 cm³/mol. The van der Waals surface area contributed by atoms with Gasteiger partial charge >= 0.3 is 5.97 Å². The Kier molecular flexibility index (Phi) is 5.33. The molecule has 0 atom stereocenters. The molecule has 1 N–H and O–H groups in total. The third-order valence-corrected chi connectivity index (χ3v) is 3.75. The summed E-state index contributed by atoms with van der Waals surface area (Å²) in [4.78, 5) is 19.5. The van der Waals surface area contributed by atoms with E-state index in [9.17, 15) is 4.79 Å². The van der Waals surface area contributed by atoms with Gasteiger partial charge in [0.25, 0.3) is 0 Å². The van der Waals surface area contributed by atoms with Gasteiger partial charge in [-0.1, -0.05) is 0 Å². The molecule has 0 saturated carbocycles. The summed E-state index contributed by atoms with van der Waals surface area (Å²) in [6, 6.07) is 3.88. The molecule has 0 aromatic carbocycles. The Hall–Kier alpha value is -1.88. The average molecular weight is 289 g/mol. The van der Waals surface area contributed by atoms with Crippen LogP contribution in [0.25, 0.3) is 6.08 Å². The number of carbonyl (C=O) groups is 1. The van der Waals surface area contributed by atoms with Gasteiger partial charge in [0.15, 0.2) is 0 Å². The summed E-state index contributed by atoms with van der Waals surface area (Å²) >= 11 is 0. The monoisotopic (exact) mass is 289 g/mol. The number of aliphatic carboxylic acids is 1. The maximum Gasteiger partial charge on any atom is 0.328 e. The zero-order valence-corrected chi connectivity index (χ0v) is 12.7. The van der Waals surface area contributed by atoms with Gasteiger partial charge in [-0.2, -0.15) is 0 Å². The number of rotatable bonds is 5. The van der Waals surface area contributed by atoms with Gasteiger partial charge in [0, 0.05) is 31.9 Å². The Morgan fingerprint density at radius 3 is 2.67 bits per heavy atom. The van der Waals surface area contributed by atoms with E-state index in [0.717, 1.165) is 43.0 Å². The molecular formula is C16H23N3O2. The maximum absolute atomic E-state index is 10.5. The first-order valence-corrected chi connectivity index (χ1v) is 7.31. The Bertz CT molecular complexity index is 489. The van der Waals surface area contributed by atoms with Crippen LogP contribution in [0.4, 0.5) is 5.82 Å². The summed E-state index contributed by atoms with van der Waals surface area (Å²) in [6.07, 6.45) is 6.80. The Morgan fingerprint density at radius 2 is 2.14 bits per heavy atom. The van der Waals surface area contributed by atoms with Crippen molar-refractivity contribution in [2.45, 2.75) is 12.8 Å². The minimum Gasteiger partial charge on any atom is -0.478 e. The van der Waals surface area contributed by atoms with Crippen LogP contribution < -0.4 is 4.90 Å². The van der Waals surface area contributed by atoms with Crippen LogP contribution >= 0.6 is 0 Å². The van der Waals surface area contributed by atoms with Gasteiger partial charge in [-0.3, -0.25) is 0 Å². The summed E-state index contributed by atoms with van der Waals surface area (Å²) in [7, 11) is 4.24. The number of pyridine rings is 1. The molecule has 1 fully saturated rings. The van der Waals surface area contributed by atoms with Crippen LogP contribution in [0, 0.1) is 5.92 Å². The van der Waals surface area contributed by atoms with Gasteiger partial charge in [-0.15, -0.1) is 0 Å². The smallest absolute Gasteiger partial charge is 0.328 e. The first-order valence-electron chi connectivity index (χ1n) is 7.31. The number of carboxylic acid groups (broad SMARTS) is 1. The van der Waals surface area contributed by atoms with E-state index >= 15 is 0 Å². The standard InChI is InChI=1S/C16H23N3O2/c1-18(2)12-14-7-9-19(10-8-14)15-5-3-13(11-17-15)4-6-16(20)21/h3-6,11,14H,7-10,12H2,1-2H3,(H,20,21)/b6-4+. The first kappa shape index (κ1) is 15.5. The Morgan fingerprint density at radius 1 is 1.43 bits per heavy atom. The molecule has 2 heterocycles. The molecule has 0 amide bonds. The second kappa shape index (κ2) is 7.22. The topological polar surface area (TPSA) is 56.7 Å². The Balaban J connectivity index is 1.90. The van der Waals surface area contributed by atoms with Gasteiger partial charge in [0.05, 0.1) is 0 Å². The zero-order chi connectivity index (χ0) is 15.2.